The zero-order valence-corrected chi connectivity index (χ0v) is 22.2. The van der Waals surface area contributed by atoms with Crippen LogP contribution in [0.15, 0.2) is 49.2 Å². The minimum Gasteiger partial charge on any atom is -0.460 e. The van der Waals surface area contributed by atoms with Crippen molar-refractivity contribution in [2.45, 2.75) is 31.8 Å². The van der Waals surface area contributed by atoms with Crippen LogP contribution >= 0.6 is 0 Å². The van der Waals surface area contributed by atoms with Gasteiger partial charge in [-0.05, 0) is 37.6 Å². The number of nitrogens with one attached hydrogen (secondary N) is 2. The molecule has 39 heavy (non-hydrogen) atoms. The summed E-state index contributed by atoms with van der Waals surface area (Å²) in [5.74, 6) is -0.267. The van der Waals surface area contributed by atoms with Crippen LogP contribution < -0.4 is 15.4 Å². The lowest BCUT2D eigenvalue weighted by atomic mass is 9.95. The minimum absolute atomic E-state index is 0.0571. The summed E-state index contributed by atoms with van der Waals surface area (Å²) in [7, 11) is 3.63. The Morgan fingerprint density at radius 1 is 1.13 bits per heavy atom. The van der Waals surface area contributed by atoms with Crippen molar-refractivity contribution >= 4 is 22.6 Å². The quantitative estimate of drug-likeness (QED) is 0.352. The van der Waals surface area contributed by atoms with Gasteiger partial charge in [-0.3, -0.25) is 9.78 Å². The van der Waals surface area contributed by atoms with E-state index in [9.17, 15) is 9.18 Å². The first-order chi connectivity index (χ1) is 18.9. The molecule has 3 aromatic heterocycles. The molecular formula is C28H31FN8O2. The number of aromatic nitrogens is 5. The number of anilines is 1. The largest absolute Gasteiger partial charge is 0.460 e. The molecule has 0 saturated carbocycles. The summed E-state index contributed by atoms with van der Waals surface area (Å²) in [4.78, 5) is 36.4. The molecule has 1 aliphatic heterocycles. The molecule has 1 fully saturated rings. The highest BCUT2D eigenvalue weighted by atomic mass is 19.1. The van der Waals surface area contributed by atoms with Crippen molar-refractivity contribution in [2.24, 2.45) is 0 Å². The topological polar surface area (TPSA) is 118 Å². The number of benzene rings is 1. The monoisotopic (exact) mass is 530 g/mol. The molecule has 1 amide bonds. The summed E-state index contributed by atoms with van der Waals surface area (Å²) >= 11 is 0. The maximum absolute atomic E-state index is 14.7. The number of pyridine rings is 1. The Hall–Kier alpha value is -4.25. The highest BCUT2D eigenvalue weighted by Crippen LogP contribution is 2.29. The van der Waals surface area contributed by atoms with Crippen molar-refractivity contribution in [3.05, 3.63) is 66.1 Å². The summed E-state index contributed by atoms with van der Waals surface area (Å²) in [6.07, 6.45) is 8.46. The lowest BCUT2D eigenvalue weighted by Crippen LogP contribution is -2.35. The summed E-state index contributed by atoms with van der Waals surface area (Å²) in [5.41, 5.74) is 2.98. The van der Waals surface area contributed by atoms with E-state index in [1.165, 1.54) is 31.7 Å². The first-order valence-corrected chi connectivity index (χ1v) is 13.0. The highest BCUT2D eigenvalue weighted by Gasteiger charge is 2.20. The molecule has 1 aliphatic rings. The van der Waals surface area contributed by atoms with Gasteiger partial charge in [0, 0.05) is 68.2 Å². The molecule has 0 spiro atoms. The minimum atomic E-state index is -0.481. The predicted molar refractivity (Wildman–Crippen MR) is 146 cm³/mol. The molecule has 1 unspecified atom stereocenters. The fourth-order valence-electron chi connectivity index (χ4n) is 4.71. The van der Waals surface area contributed by atoms with E-state index in [4.69, 9.17) is 4.74 Å². The van der Waals surface area contributed by atoms with Gasteiger partial charge in [0.05, 0.1) is 16.8 Å². The smallest absolute Gasteiger partial charge is 0.316 e. The third-order valence-electron chi connectivity index (χ3n) is 6.99. The molecule has 4 heterocycles. The number of fused-ring (bicyclic) bond motifs is 1. The van der Waals surface area contributed by atoms with Gasteiger partial charge < -0.3 is 20.3 Å². The Kier molecular flexibility index (Phi) is 7.87. The van der Waals surface area contributed by atoms with Crippen molar-refractivity contribution in [3.63, 3.8) is 0 Å². The molecule has 202 valence electrons. The first kappa shape index (κ1) is 26.4. The third kappa shape index (κ3) is 5.93. The second-order valence-electron chi connectivity index (χ2n) is 9.74. The van der Waals surface area contributed by atoms with Gasteiger partial charge in [0.15, 0.2) is 0 Å². The fourth-order valence-corrected chi connectivity index (χ4v) is 4.71. The number of rotatable bonds is 8. The molecule has 1 saturated heterocycles. The Bertz CT molecular complexity index is 1460. The number of halogens is 1. The van der Waals surface area contributed by atoms with Crippen LogP contribution in [0.3, 0.4) is 0 Å². The third-order valence-corrected chi connectivity index (χ3v) is 6.99. The van der Waals surface area contributed by atoms with E-state index in [2.05, 4.69) is 47.5 Å². The average molecular weight is 531 g/mol. The van der Waals surface area contributed by atoms with Crippen LogP contribution in [0.4, 0.5) is 10.2 Å². The lowest BCUT2D eigenvalue weighted by Gasteiger charge is -2.28. The fraction of sp³-hybridized carbons (Fsp3) is 0.357. The first-order valence-electron chi connectivity index (χ1n) is 13.0. The molecule has 0 bridgehead atoms. The Labute approximate surface area is 226 Å². The summed E-state index contributed by atoms with van der Waals surface area (Å²) in [5, 5.41) is 6.11. The Balaban J connectivity index is 1.27. The van der Waals surface area contributed by atoms with Gasteiger partial charge in [-0.15, -0.1) is 0 Å². The zero-order chi connectivity index (χ0) is 27.4. The molecule has 1 aromatic carbocycles. The molecule has 4 aromatic rings. The molecule has 0 aliphatic carbocycles. The Morgan fingerprint density at radius 3 is 2.64 bits per heavy atom. The zero-order valence-electron chi connectivity index (χ0n) is 22.2. The molecule has 10 nitrogen and oxygen atoms in total. The van der Waals surface area contributed by atoms with Crippen LogP contribution in [0.5, 0.6) is 6.01 Å². The van der Waals surface area contributed by atoms with Crippen LogP contribution in [0.2, 0.25) is 0 Å². The van der Waals surface area contributed by atoms with Crippen molar-refractivity contribution in [1.82, 2.24) is 35.1 Å². The van der Waals surface area contributed by atoms with Crippen molar-refractivity contribution in [1.29, 1.82) is 0 Å². The van der Waals surface area contributed by atoms with Gasteiger partial charge in [-0.25, -0.2) is 24.3 Å². The van der Waals surface area contributed by atoms with E-state index in [0.717, 1.165) is 37.1 Å². The summed E-state index contributed by atoms with van der Waals surface area (Å²) in [6.45, 7) is 4.52. The number of hydrogen-bond acceptors (Lipinski definition) is 9. The van der Waals surface area contributed by atoms with Crippen molar-refractivity contribution < 1.29 is 13.9 Å². The number of likely N-dealkylation sites (tertiary alicyclic amines) is 1. The highest BCUT2D eigenvalue weighted by molar-refractivity contribution is 6.06. The number of amides is 1. The van der Waals surface area contributed by atoms with E-state index in [1.54, 1.807) is 18.5 Å². The maximum Gasteiger partial charge on any atom is 0.316 e. The standard InChI is InChI=1S/C28H31FN8O2/c1-17(20-4-5-22(29)25-21(27(38)30-2)6-9-31-26(20)25)13-32-24-12-23(35-16-36-24)18-14-33-28(34-15-18)39-19-7-10-37(3)11-8-19/h4-6,9,12,14-17,19H,7-8,10-11,13H2,1-3H3,(H,30,38)(H,32,35,36). The normalized spacial score (nSPS) is 15.2. The van der Waals surface area contributed by atoms with E-state index in [0.29, 0.717) is 29.6 Å². The van der Waals surface area contributed by atoms with Gasteiger partial charge in [-0.1, -0.05) is 13.0 Å². The van der Waals surface area contributed by atoms with Gasteiger partial charge in [0.2, 0.25) is 0 Å². The van der Waals surface area contributed by atoms with Crippen LogP contribution in [-0.2, 0) is 0 Å². The van der Waals surface area contributed by atoms with Gasteiger partial charge in [0.25, 0.3) is 5.91 Å². The summed E-state index contributed by atoms with van der Waals surface area (Å²) in [6, 6.07) is 6.81. The molecule has 5 rings (SSSR count). The lowest BCUT2D eigenvalue weighted by molar-refractivity contribution is 0.0964. The van der Waals surface area contributed by atoms with Gasteiger partial charge in [0.1, 0.15) is 24.1 Å². The average Bonchev–Trinajstić information content (AvgIpc) is 2.97. The number of carbonyl (C=O) groups is 1. The molecule has 11 heteroatoms. The maximum atomic E-state index is 14.7. The van der Waals surface area contributed by atoms with Crippen molar-refractivity contribution in [3.8, 4) is 17.3 Å². The number of ether oxygens (including phenoxy) is 1. The SMILES string of the molecule is CNC(=O)c1ccnc2c(C(C)CNc3cc(-c4cnc(OC5CCN(C)CC5)nc4)ncn3)ccc(F)c12. The van der Waals surface area contributed by atoms with Crippen LogP contribution in [0, 0.1) is 5.82 Å². The molecule has 2 N–H and O–H groups in total. The number of piperidine rings is 1. The van der Waals surface area contributed by atoms with E-state index >= 15 is 0 Å². The van der Waals surface area contributed by atoms with E-state index in [1.807, 2.05) is 13.0 Å². The second-order valence-corrected chi connectivity index (χ2v) is 9.74. The Morgan fingerprint density at radius 2 is 1.90 bits per heavy atom. The van der Waals surface area contributed by atoms with E-state index in [-0.39, 0.29) is 28.9 Å². The number of carbonyl (C=O) groups excluding carboxylic acids is 1. The van der Waals surface area contributed by atoms with E-state index < -0.39 is 5.82 Å². The van der Waals surface area contributed by atoms with Crippen LogP contribution in [0.25, 0.3) is 22.2 Å². The van der Waals surface area contributed by atoms with Gasteiger partial charge >= 0.3 is 6.01 Å². The number of nitrogens with zero attached hydrogens (tertiary/aromatic N) is 6. The van der Waals surface area contributed by atoms with Crippen LogP contribution in [0.1, 0.15) is 41.6 Å². The summed E-state index contributed by atoms with van der Waals surface area (Å²) < 4.78 is 20.7. The van der Waals surface area contributed by atoms with Crippen LogP contribution in [-0.4, -0.2) is 75.6 Å². The predicted octanol–water partition coefficient (Wildman–Crippen LogP) is 3.67. The van der Waals surface area contributed by atoms with Gasteiger partial charge in [-0.2, -0.15) is 0 Å². The second kappa shape index (κ2) is 11.6. The van der Waals surface area contributed by atoms with Crippen molar-refractivity contribution in [2.75, 3.05) is 39.0 Å². The number of hydrogen-bond donors (Lipinski definition) is 2. The molecule has 1 atom stereocenters. The molecule has 0 radical (unpaired) electrons. The molecular weight excluding hydrogens is 499 g/mol.